The summed E-state index contributed by atoms with van der Waals surface area (Å²) in [4.78, 5) is 13.9. The van der Waals surface area contributed by atoms with E-state index in [1.807, 2.05) is 19.3 Å². The van der Waals surface area contributed by atoms with E-state index >= 15 is 0 Å². The van der Waals surface area contributed by atoms with E-state index < -0.39 is 0 Å². The Labute approximate surface area is 128 Å². The van der Waals surface area contributed by atoms with E-state index in [0.29, 0.717) is 0 Å². The molecule has 2 aliphatic heterocycles. The van der Waals surface area contributed by atoms with Gasteiger partial charge in [-0.05, 0) is 58.2 Å². The SMILES string of the molecule is Cc1ncc(CN2CCC[C@@H](CN3CCCCC3)C2)cn1. The highest BCUT2D eigenvalue weighted by Crippen LogP contribution is 2.21. The van der Waals surface area contributed by atoms with Crippen molar-refractivity contribution in [3.63, 3.8) is 0 Å². The summed E-state index contributed by atoms with van der Waals surface area (Å²) >= 11 is 0. The molecule has 0 N–H and O–H groups in total. The molecular formula is C17H28N4. The Hall–Kier alpha value is -1.00. The van der Waals surface area contributed by atoms with Gasteiger partial charge in [0, 0.05) is 37.6 Å². The predicted octanol–water partition coefficient (Wildman–Crippen LogP) is 2.48. The molecule has 3 rings (SSSR count). The Morgan fingerprint density at radius 1 is 1.00 bits per heavy atom. The molecule has 3 heterocycles. The lowest BCUT2D eigenvalue weighted by Gasteiger charge is -2.36. The molecule has 2 fully saturated rings. The van der Waals surface area contributed by atoms with Crippen LogP contribution in [0.1, 0.15) is 43.5 Å². The maximum atomic E-state index is 4.31. The average Bonchev–Trinajstić information content (AvgIpc) is 2.51. The van der Waals surface area contributed by atoms with Crippen LogP contribution in [0, 0.1) is 12.8 Å². The zero-order valence-corrected chi connectivity index (χ0v) is 13.3. The van der Waals surface area contributed by atoms with Crippen molar-refractivity contribution in [1.82, 2.24) is 19.8 Å². The van der Waals surface area contributed by atoms with Crippen molar-refractivity contribution >= 4 is 0 Å². The Morgan fingerprint density at radius 2 is 1.71 bits per heavy atom. The second kappa shape index (κ2) is 7.32. The molecule has 0 saturated carbocycles. The van der Waals surface area contributed by atoms with Crippen LogP contribution >= 0.6 is 0 Å². The lowest BCUT2D eigenvalue weighted by Crippen LogP contribution is -2.42. The third-order valence-electron chi connectivity index (χ3n) is 4.81. The summed E-state index contributed by atoms with van der Waals surface area (Å²) in [6.45, 7) is 9.37. The van der Waals surface area contributed by atoms with E-state index in [1.165, 1.54) is 70.4 Å². The normalized spacial score (nSPS) is 25.1. The fourth-order valence-electron chi connectivity index (χ4n) is 3.71. The Kier molecular flexibility index (Phi) is 5.20. The van der Waals surface area contributed by atoms with Crippen LogP contribution < -0.4 is 0 Å². The predicted molar refractivity (Wildman–Crippen MR) is 85.1 cm³/mol. The van der Waals surface area contributed by atoms with Crippen LogP contribution in [-0.4, -0.2) is 52.5 Å². The largest absolute Gasteiger partial charge is 0.303 e. The van der Waals surface area contributed by atoms with Crippen LogP contribution in [-0.2, 0) is 6.54 Å². The average molecular weight is 288 g/mol. The smallest absolute Gasteiger partial charge is 0.125 e. The molecule has 2 aliphatic rings. The van der Waals surface area contributed by atoms with Crippen LogP contribution in [0.4, 0.5) is 0 Å². The van der Waals surface area contributed by atoms with Crippen molar-refractivity contribution in [3.05, 3.63) is 23.8 Å². The molecule has 0 aromatic carbocycles. The monoisotopic (exact) mass is 288 g/mol. The van der Waals surface area contributed by atoms with Gasteiger partial charge >= 0.3 is 0 Å². The first kappa shape index (κ1) is 14.9. The Balaban J connectivity index is 1.49. The topological polar surface area (TPSA) is 32.3 Å². The summed E-state index contributed by atoms with van der Waals surface area (Å²) in [5.41, 5.74) is 1.25. The Morgan fingerprint density at radius 3 is 2.48 bits per heavy atom. The minimum atomic E-state index is 0.850. The van der Waals surface area contributed by atoms with E-state index in [4.69, 9.17) is 0 Å². The first-order valence-corrected chi connectivity index (χ1v) is 8.52. The van der Waals surface area contributed by atoms with Crippen molar-refractivity contribution in [1.29, 1.82) is 0 Å². The summed E-state index contributed by atoms with van der Waals surface area (Å²) in [5.74, 6) is 1.71. The molecule has 2 saturated heterocycles. The van der Waals surface area contributed by atoms with E-state index in [9.17, 15) is 0 Å². The minimum absolute atomic E-state index is 0.850. The molecule has 1 aromatic heterocycles. The number of rotatable bonds is 4. The molecule has 21 heavy (non-hydrogen) atoms. The van der Waals surface area contributed by atoms with Crippen molar-refractivity contribution < 1.29 is 0 Å². The molecule has 4 nitrogen and oxygen atoms in total. The maximum absolute atomic E-state index is 4.31. The van der Waals surface area contributed by atoms with Crippen molar-refractivity contribution in [2.75, 3.05) is 32.7 Å². The van der Waals surface area contributed by atoms with Gasteiger partial charge in [-0.15, -0.1) is 0 Å². The van der Waals surface area contributed by atoms with Crippen LogP contribution in [0.15, 0.2) is 12.4 Å². The van der Waals surface area contributed by atoms with E-state index in [1.54, 1.807) is 0 Å². The zero-order valence-electron chi connectivity index (χ0n) is 13.3. The molecule has 0 unspecified atom stereocenters. The van der Waals surface area contributed by atoms with Crippen molar-refractivity contribution in [3.8, 4) is 0 Å². The zero-order chi connectivity index (χ0) is 14.5. The molecular weight excluding hydrogens is 260 g/mol. The fraction of sp³-hybridized carbons (Fsp3) is 0.765. The highest BCUT2D eigenvalue weighted by atomic mass is 15.2. The first-order chi connectivity index (χ1) is 10.3. The first-order valence-electron chi connectivity index (χ1n) is 8.52. The van der Waals surface area contributed by atoms with Gasteiger partial charge in [0.25, 0.3) is 0 Å². The van der Waals surface area contributed by atoms with Crippen LogP contribution in [0.5, 0.6) is 0 Å². The second-order valence-electron chi connectivity index (χ2n) is 6.74. The summed E-state index contributed by atoms with van der Waals surface area (Å²) in [7, 11) is 0. The molecule has 0 aliphatic carbocycles. The highest BCUT2D eigenvalue weighted by Gasteiger charge is 2.23. The van der Waals surface area contributed by atoms with E-state index in [-0.39, 0.29) is 0 Å². The third kappa shape index (κ3) is 4.48. The molecule has 1 aromatic rings. The number of aryl methyl sites for hydroxylation is 1. The summed E-state index contributed by atoms with van der Waals surface area (Å²) in [6, 6.07) is 0. The van der Waals surface area contributed by atoms with Gasteiger partial charge in [0.2, 0.25) is 0 Å². The lowest BCUT2D eigenvalue weighted by molar-refractivity contribution is 0.118. The van der Waals surface area contributed by atoms with Crippen LogP contribution in [0.2, 0.25) is 0 Å². The van der Waals surface area contributed by atoms with Crippen LogP contribution in [0.25, 0.3) is 0 Å². The van der Waals surface area contributed by atoms with Gasteiger partial charge in [0.15, 0.2) is 0 Å². The van der Waals surface area contributed by atoms with Gasteiger partial charge in [-0.3, -0.25) is 4.90 Å². The number of piperidine rings is 2. The molecule has 0 bridgehead atoms. The summed E-state index contributed by atoms with van der Waals surface area (Å²) in [5, 5.41) is 0. The van der Waals surface area contributed by atoms with Gasteiger partial charge in [-0.1, -0.05) is 6.42 Å². The standard InChI is InChI=1S/C17H28N4/c1-15-18-10-17(11-19-15)14-21-9-5-6-16(13-21)12-20-7-3-2-4-8-20/h10-11,16H,2-9,12-14H2,1H3/t16-/m0/s1. The number of likely N-dealkylation sites (tertiary alicyclic amines) is 2. The second-order valence-corrected chi connectivity index (χ2v) is 6.74. The van der Waals surface area contributed by atoms with Gasteiger partial charge in [0.05, 0.1) is 0 Å². The number of nitrogens with zero attached hydrogens (tertiary/aromatic N) is 4. The lowest BCUT2D eigenvalue weighted by atomic mass is 9.96. The van der Waals surface area contributed by atoms with E-state index in [0.717, 1.165) is 18.3 Å². The molecule has 0 spiro atoms. The highest BCUT2D eigenvalue weighted by molar-refractivity contribution is 5.04. The molecule has 0 amide bonds. The van der Waals surface area contributed by atoms with Crippen molar-refractivity contribution in [2.45, 2.75) is 45.6 Å². The van der Waals surface area contributed by atoms with Crippen LogP contribution in [0.3, 0.4) is 0 Å². The van der Waals surface area contributed by atoms with Gasteiger partial charge in [0.1, 0.15) is 5.82 Å². The molecule has 1 atom stereocenters. The number of aromatic nitrogens is 2. The van der Waals surface area contributed by atoms with Gasteiger partial charge in [-0.25, -0.2) is 9.97 Å². The fourth-order valence-corrected chi connectivity index (χ4v) is 3.71. The summed E-state index contributed by atoms with van der Waals surface area (Å²) in [6.07, 6.45) is 10.9. The van der Waals surface area contributed by atoms with Crippen molar-refractivity contribution in [2.24, 2.45) is 5.92 Å². The third-order valence-corrected chi connectivity index (χ3v) is 4.81. The Bertz CT molecular complexity index is 425. The number of hydrogen-bond donors (Lipinski definition) is 0. The maximum Gasteiger partial charge on any atom is 0.125 e. The summed E-state index contributed by atoms with van der Waals surface area (Å²) < 4.78 is 0. The van der Waals surface area contributed by atoms with E-state index in [2.05, 4.69) is 19.8 Å². The van der Waals surface area contributed by atoms with Gasteiger partial charge < -0.3 is 4.90 Å². The number of hydrogen-bond acceptors (Lipinski definition) is 4. The molecule has 0 radical (unpaired) electrons. The molecule has 116 valence electrons. The van der Waals surface area contributed by atoms with Gasteiger partial charge in [-0.2, -0.15) is 0 Å². The minimum Gasteiger partial charge on any atom is -0.303 e. The molecule has 4 heteroatoms. The quantitative estimate of drug-likeness (QED) is 0.852.